The van der Waals surface area contributed by atoms with Crippen LogP contribution in [-0.2, 0) is 0 Å². The van der Waals surface area contributed by atoms with E-state index in [1.54, 1.807) is 19.2 Å². The number of rotatable bonds is 6. The molecular formula is C12H16ClN3O2S. The maximum atomic E-state index is 6.01. The highest BCUT2D eigenvalue weighted by Gasteiger charge is 2.11. The lowest BCUT2D eigenvalue weighted by molar-refractivity contribution is 0.294. The molecule has 5 nitrogen and oxygen atoms in total. The number of nitrogens with zero attached hydrogens (tertiary/aromatic N) is 1. The lowest BCUT2D eigenvalue weighted by atomic mass is 10.2. The molecule has 3 N–H and O–H groups in total. The molecule has 0 aliphatic heterocycles. The summed E-state index contributed by atoms with van der Waals surface area (Å²) in [7, 11) is 1.55. The van der Waals surface area contributed by atoms with Gasteiger partial charge in [0.05, 0.1) is 19.9 Å². The molecule has 0 heterocycles. The van der Waals surface area contributed by atoms with E-state index in [0.717, 1.165) is 6.42 Å². The standard InChI is InChI=1S/C12H16ClN3O2S/c1-3-4-18-11-8(7-15-16-12(14)19)5-9(13)6-10(11)17-2/h5-7H,3-4H2,1-2H3,(H3,14,16,19). The van der Waals surface area contributed by atoms with Gasteiger partial charge in [-0.15, -0.1) is 0 Å². The number of nitrogens with one attached hydrogen (secondary N) is 1. The van der Waals surface area contributed by atoms with Crippen LogP contribution >= 0.6 is 23.8 Å². The largest absolute Gasteiger partial charge is 0.493 e. The summed E-state index contributed by atoms with van der Waals surface area (Å²) in [6, 6.07) is 3.41. The molecule has 104 valence electrons. The quantitative estimate of drug-likeness (QED) is 0.479. The van der Waals surface area contributed by atoms with Crippen LogP contribution in [0.4, 0.5) is 0 Å². The molecule has 0 unspecified atom stereocenters. The summed E-state index contributed by atoms with van der Waals surface area (Å²) in [5, 5.41) is 4.50. The van der Waals surface area contributed by atoms with Crippen molar-refractivity contribution >= 4 is 35.1 Å². The predicted molar refractivity (Wildman–Crippen MR) is 81.3 cm³/mol. The molecular weight excluding hydrogens is 286 g/mol. The van der Waals surface area contributed by atoms with Crippen molar-refractivity contribution in [3.05, 3.63) is 22.7 Å². The summed E-state index contributed by atoms with van der Waals surface area (Å²) in [6.07, 6.45) is 2.41. The number of benzene rings is 1. The van der Waals surface area contributed by atoms with Gasteiger partial charge in [0.15, 0.2) is 16.6 Å². The minimum Gasteiger partial charge on any atom is -0.493 e. The van der Waals surface area contributed by atoms with Gasteiger partial charge in [-0.2, -0.15) is 5.10 Å². The molecule has 0 radical (unpaired) electrons. The molecule has 0 spiro atoms. The van der Waals surface area contributed by atoms with Gasteiger partial charge in [0.1, 0.15) is 0 Å². The Morgan fingerprint density at radius 2 is 2.32 bits per heavy atom. The monoisotopic (exact) mass is 301 g/mol. The minimum absolute atomic E-state index is 0.0845. The Bertz CT molecular complexity index is 480. The first-order valence-electron chi connectivity index (χ1n) is 5.67. The summed E-state index contributed by atoms with van der Waals surface area (Å²) < 4.78 is 10.9. The molecule has 0 aliphatic carbocycles. The summed E-state index contributed by atoms with van der Waals surface area (Å²) in [5.41, 5.74) is 8.44. The molecule has 0 aromatic heterocycles. The van der Waals surface area contributed by atoms with Crippen molar-refractivity contribution in [3.8, 4) is 11.5 Å². The third-order valence-electron chi connectivity index (χ3n) is 2.10. The van der Waals surface area contributed by atoms with Gasteiger partial charge in [0, 0.05) is 16.7 Å². The molecule has 1 rings (SSSR count). The molecule has 0 aliphatic rings. The number of halogens is 1. The fourth-order valence-electron chi connectivity index (χ4n) is 1.36. The van der Waals surface area contributed by atoms with E-state index < -0.39 is 0 Å². The van der Waals surface area contributed by atoms with Crippen LogP contribution in [0, 0.1) is 0 Å². The Balaban J connectivity index is 3.07. The molecule has 19 heavy (non-hydrogen) atoms. The molecule has 0 saturated carbocycles. The second-order valence-corrected chi connectivity index (χ2v) is 4.49. The second kappa shape index (κ2) is 7.81. The maximum absolute atomic E-state index is 6.01. The van der Waals surface area contributed by atoms with Gasteiger partial charge < -0.3 is 15.2 Å². The van der Waals surface area contributed by atoms with Crippen molar-refractivity contribution in [2.24, 2.45) is 10.8 Å². The Hall–Kier alpha value is -1.53. The predicted octanol–water partition coefficient (Wildman–Crippen LogP) is 2.30. The van der Waals surface area contributed by atoms with Crippen molar-refractivity contribution in [1.29, 1.82) is 0 Å². The molecule has 7 heteroatoms. The van der Waals surface area contributed by atoms with E-state index >= 15 is 0 Å². The Morgan fingerprint density at radius 1 is 1.58 bits per heavy atom. The van der Waals surface area contributed by atoms with Crippen molar-refractivity contribution < 1.29 is 9.47 Å². The van der Waals surface area contributed by atoms with Crippen molar-refractivity contribution in [1.82, 2.24) is 5.43 Å². The van der Waals surface area contributed by atoms with Crippen molar-refractivity contribution in [2.45, 2.75) is 13.3 Å². The van der Waals surface area contributed by atoms with Crippen LogP contribution in [-0.4, -0.2) is 25.0 Å². The van der Waals surface area contributed by atoms with Crippen LogP contribution < -0.4 is 20.6 Å². The highest BCUT2D eigenvalue weighted by molar-refractivity contribution is 7.80. The summed E-state index contributed by atoms with van der Waals surface area (Å²) >= 11 is 10.7. The molecule has 0 amide bonds. The number of hydrogen-bond acceptors (Lipinski definition) is 4. The number of hydrogen-bond donors (Lipinski definition) is 2. The van der Waals surface area contributed by atoms with E-state index in [-0.39, 0.29) is 5.11 Å². The maximum Gasteiger partial charge on any atom is 0.184 e. The van der Waals surface area contributed by atoms with Crippen LogP contribution in [0.3, 0.4) is 0 Å². The van der Waals surface area contributed by atoms with Gasteiger partial charge in [-0.05, 0) is 24.7 Å². The average Bonchev–Trinajstić information content (AvgIpc) is 2.36. The van der Waals surface area contributed by atoms with E-state index in [4.69, 9.17) is 26.8 Å². The third-order valence-corrected chi connectivity index (χ3v) is 2.41. The normalized spacial score (nSPS) is 10.5. The number of ether oxygens (including phenoxy) is 2. The highest BCUT2D eigenvalue weighted by Crippen LogP contribution is 2.33. The van der Waals surface area contributed by atoms with Crippen LogP contribution in [0.2, 0.25) is 5.02 Å². The van der Waals surface area contributed by atoms with Gasteiger partial charge in [-0.25, -0.2) is 0 Å². The van der Waals surface area contributed by atoms with E-state index in [0.29, 0.717) is 28.7 Å². The number of hydrazone groups is 1. The number of thiocarbonyl (C=S) groups is 1. The third kappa shape index (κ3) is 4.92. The van der Waals surface area contributed by atoms with Crippen molar-refractivity contribution in [3.63, 3.8) is 0 Å². The lowest BCUT2D eigenvalue weighted by Gasteiger charge is -2.13. The van der Waals surface area contributed by atoms with Crippen molar-refractivity contribution in [2.75, 3.05) is 13.7 Å². The topological polar surface area (TPSA) is 68.9 Å². The first kappa shape index (κ1) is 15.5. The zero-order valence-electron chi connectivity index (χ0n) is 10.8. The molecule has 0 fully saturated rings. The fourth-order valence-corrected chi connectivity index (χ4v) is 1.63. The molecule has 0 bridgehead atoms. The molecule has 1 aromatic carbocycles. The van der Waals surface area contributed by atoms with E-state index in [9.17, 15) is 0 Å². The lowest BCUT2D eigenvalue weighted by Crippen LogP contribution is -2.24. The Kier molecular flexibility index (Phi) is 6.38. The van der Waals surface area contributed by atoms with Gasteiger partial charge in [-0.1, -0.05) is 18.5 Å². The second-order valence-electron chi connectivity index (χ2n) is 3.61. The summed E-state index contributed by atoms with van der Waals surface area (Å²) in [4.78, 5) is 0. The zero-order chi connectivity index (χ0) is 14.3. The van der Waals surface area contributed by atoms with Crippen LogP contribution in [0.1, 0.15) is 18.9 Å². The van der Waals surface area contributed by atoms with Gasteiger partial charge in [-0.3, -0.25) is 5.43 Å². The SMILES string of the molecule is CCCOc1c(C=NNC(N)=S)cc(Cl)cc1OC. The van der Waals surface area contributed by atoms with Crippen LogP contribution in [0.15, 0.2) is 17.2 Å². The van der Waals surface area contributed by atoms with Gasteiger partial charge >= 0.3 is 0 Å². The first-order chi connectivity index (χ1) is 9.08. The summed E-state index contributed by atoms with van der Waals surface area (Å²) in [5.74, 6) is 1.14. The van der Waals surface area contributed by atoms with E-state index in [1.807, 2.05) is 6.92 Å². The van der Waals surface area contributed by atoms with E-state index in [2.05, 4.69) is 22.7 Å². The smallest absolute Gasteiger partial charge is 0.184 e. The average molecular weight is 302 g/mol. The zero-order valence-corrected chi connectivity index (χ0v) is 12.3. The number of methoxy groups -OCH3 is 1. The molecule has 0 saturated heterocycles. The first-order valence-corrected chi connectivity index (χ1v) is 6.46. The van der Waals surface area contributed by atoms with Crippen LogP contribution in [0.5, 0.6) is 11.5 Å². The molecule has 1 aromatic rings. The van der Waals surface area contributed by atoms with E-state index in [1.165, 1.54) is 6.21 Å². The Labute approximate surface area is 122 Å². The molecule has 0 atom stereocenters. The number of nitrogens with two attached hydrogens (primary N) is 1. The van der Waals surface area contributed by atoms with Gasteiger partial charge in [0.25, 0.3) is 0 Å². The summed E-state index contributed by atoms with van der Waals surface area (Å²) in [6.45, 7) is 2.59. The highest BCUT2D eigenvalue weighted by atomic mass is 35.5. The van der Waals surface area contributed by atoms with Crippen LogP contribution in [0.25, 0.3) is 0 Å². The minimum atomic E-state index is 0.0845. The fraction of sp³-hybridized carbons (Fsp3) is 0.333. The van der Waals surface area contributed by atoms with Gasteiger partial charge in [0.2, 0.25) is 0 Å². The Morgan fingerprint density at radius 3 is 2.89 bits per heavy atom.